The van der Waals surface area contributed by atoms with E-state index in [1.54, 1.807) is 31.2 Å². The molecular weight excluding hydrogens is 262 g/mol. The first-order valence-electron chi connectivity index (χ1n) is 6.06. The fourth-order valence-electron chi connectivity index (χ4n) is 1.70. The molecule has 6 heteroatoms. The van der Waals surface area contributed by atoms with E-state index in [4.69, 9.17) is 4.74 Å². The van der Waals surface area contributed by atoms with E-state index in [1.165, 1.54) is 6.07 Å². The van der Waals surface area contributed by atoms with Crippen LogP contribution in [0.2, 0.25) is 0 Å². The molecule has 0 aliphatic rings. The number of hydrogen-bond acceptors (Lipinski definition) is 5. The lowest BCUT2D eigenvalue weighted by Crippen LogP contribution is -2.22. The van der Waals surface area contributed by atoms with Crippen molar-refractivity contribution in [1.29, 1.82) is 0 Å². The summed E-state index contributed by atoms with van der Waals surface area (Å²) in [5, 5.41) is 0.704. The number of fused-ring (bicyclic) bond motifs is 1. The summed E-state index contributed by atoms with van der Waals surface area (Å²) in [5.41, 5.74) is -0.0787. The molecule has 6 nitrogen and oxygen atoms in total. The van der Waals surface area contributed by atoms with Crippen LogP contribution >= 0.6 is 0 Å². The van der Waals surface area contributed by atoms with Crippen LogP contribution < -0.4 is 5.56 Å². The molecule has 0 amide bonds. The van der Waals surface area contributed by atoms with Gasteiger partial charge in [-0.3, -0.25) is 4.79 Å². The summed E-state index contributed by atoms with van der Waals surface area (Å²) in [6, 6.07) is 8.48. The van der Waals surface area contributed by atoms with Crippen molar-refractivity contribution in [2.24, 2.45) is 0 Å². The van der Waals surface area contributed by atoms with Crippen LogP contribution in [0.1, 0.15) is 17.3 Å². The van der Waals surface area contributed by atoms with Crippen LogP contribution in [0, 0.1) is 0 Å². The van der Waals surface area contributed by atoms with Crippen LogP contribution in [-0.2, 0) is 14.3 Å². The molecule has 1 aromatic heterocycles. The third-order valence-corrected chi connectivity index (χ3v) is 2.60. The molecule has 1 aromatic carbocycles. The molecule has 2 rings (SSSR count). The largest absolute Gasteiger partial charge is 0.463 e. The van der Waals surface area contributed by atoms with Gasteiger partial charge in [-0.15, -0.1) is 0 Å². The van der Waals surface area contributed by atoms with Gasteiger partial charge in [0.2, 0.25) is 0 Å². The topological polar surface area (TPSA) is 85.5 Å². The molecule has 0 radical (unpaired) electrons. The fourth-order valence-corrected chi connectivity index (χ4v) is 1.70. The highest BCUT2D eigenvalue weighted by Crippen LogP contribution is 2.10. The maximum absolute atomic E-state index is 11.8. The van der Waals surface area contributed by atoms with Crippen LogP contribution in [0.3, 0.4) is 0 Å². The van der Waals surface area contributed by atoms with Crippen LogP contribution in [0.15, 0.2) is 35.1 Å². The van der Waals surface area contributed by atoms with Crippen molar-refractivity contribution >= 4 is 22.8 Å². The Balaban J connectivity index is 2.19. The third-order valence-electron chi connectivity index (χ3n) is 2.60. The van der Waals surface area contributed by atoms with Crippen molar-refractivity contribution in [3.8, 4) is 0 Å². The van der Waals surface area contributed by atoms with E-state index in [2.05, 4.69) is 9.72 Å². The number of aromatic amines is 1. The number of carbonyl (C=O) groups excluding carboxylic acids is 2. The highest BCUT2D eigenvalue weighted by molar-refractivity contribution is 5.94. The monoisotopic (exact) mass is 275 g/mol. The third kappa shape index (κ3) is 3.03. The van der Waals surface area contributed by atoms with Gasteiger partial charge in [0, 0.05) is 5.52 Å². The number of rotatable bonds is 4. The molecule has 0 aliphatic heterocycles. The molecule has 0 aliphatic carbocycles. The maximum Gasteiger partial charge on any atom is 0.344 e. The minimum absolute atomic E-state index is 0.145. The van der Waals surface area contributed by atoms with Gasteiger partial charge >= 0.3 is 11.9 Å². The maximum atomic E-state index is 11.8. The Bertz CT molecular complexity index is 704. The lowest BCUT2D eigenvalue weighted by atomic mass is 10.1. The van der Waals surface area contributed by atoms with Gasteiger partial charge in [-0.2, -0.15) is 0 Å². The van der Waals surface area contributed by atoms with E-state index in [9.17, 15) is 14.4 Å². The summed E-state index contributed by atoms with van der Waals surface area (Å²) in [5.74, 6) is -1.51. The zero-order chi connectivity index (χ0) is 14.5. The second kappa shape index (κ2) is 6.01. The van der Waals surface area contributed by atoms with Gasteiger partial charge in [0.25, 0.3) is 5.56 Å². The smallest absolute Gasteiger partial charge is 0.344 e. The molecule has 1 heterocycles. The number of ether oxygens (including phenoxy) is 2. The lowest BCUT2D eigenvalue weighted by molar-refractivity contribution is -0.146. The number of hydrogen-bond donors (Lipinski definition) is 1. The number of esters is 2. The Kier molecular flexibility index (Phi) is 4.14. The average Bonchev–Trinajstić information content (AvgIpc) is 2.44. The summed E-state index contributed by atoms with van der Waals surface area (Å²) < 4.78 is 9.37. The predicted molar refractivity (Wildman–Crippen MR) is 71.5 cm³/mol. The molecule has 104 valence electrons. The minimum Gasteiger partial charge on any atom is -0.463 e. The van der Waals surface area contributed by atoms with Gasteiger partial charge in [-0.05, 0) is 24.4 Å². The first kappa shape index (κ1) is 13.8. The van der Waals surface area contributed by atoms with Crippen LogP contribution in [0.5, 0.6) is 0 Å². The lowest BCUT2D eigenvalue weighted by Gasteiger charge is -2.05. The standard InChI is InChI=1S/C14H13NO5/c1-2-19-12(16)8-20-14(18)10-7-9-5-3-4-6-11(9)15-13(10)17/h3-7H,2,8H2,1H3,(H,15,17). The van der Waals surface area contributed by atoms with Gasteiger partial charge < -0.3 is 14.5 Å². The molecule has 0 spiro atoms. The molecule has 0 fully saturated rings. The van der Waals surface area contributed by atoms with E-state index < -0.39 is 24.1 Å². The molecule has 1 N–H and O–H groups in total. The molecule has 20 heavy (non-hydrogen) atoms. The van der Waals surface area contributed by atoms with Gasteiger partial charge in [-0.1, -0.05) is 18.2 Å². The average molecular weight is 275 g/mol. The minimum atomic E-state index is -0.856. The molecule has 0 bridgehead atoms. The SMILES string of the molecule is CCOC(=O)COC(=O)c1cc2ccccc2[nH]c1=O. The number of pyridine rings is 1. The van der Waals surface area contributed by atoms with Crippen molar-refractivity contribution < 1.29 is 19.1 Å². The first-order chi connectivity index (χ1) is 9.61. The summed E-state index contributed by atoms with van der Waals surface area (Å²) in [7, 11) is 0. The zero-order valence-corrected chi connectivity index (χ0v) is 10.8. The summed E-state index contributed by atoms with van der Waals surface area (Å²) in [6.07, 6.45) is 0. The summed E-state index contributed by atoms with van der Waals surface area (Å²) >= 11 is 0. The molecule has 2 aromatic rings. The molecule has 0 saturated carbocycles. The molecule has 0 saturated heterocycles. The fraction of sp³-hybridized carbons (Fsp3) is 0.214. The van der Waals surface area contributed by atoms with Crippen molar-refractivity contribution in [3.05, 3.63) is 46.2 Å². The highest BCUT2D eigenvalue weighted by atomic mass is 16.6. The van der Waals surface area contributed by atoms with E-state index in [0.717, 1.165) is 0 Å². The number of aromatic nitrogens is 1. The van der Waals surface area contributed by atoms with Gasteiger partial charge in [0.1, 0.15) is 5.56 Å². The highest BCUT2D eigenvalue weighted by Gasteiger charge is 2.15. The van der Waals surface area contributed by atoms with Crippen LogP contribution in [0.25, 0.3) is 10.9 Å². The quantitative estimate of drug-likeness (QED) is 0.849. The van der Waals surface area contributed by atoms with Crippen molar-refractivity contribution in [2.45, 2.75) is 6.92 Å². The zero-order valence-electron chi connectivity index (χ0n) is 10.8. The molecule has 0 unspecified atom stereocenters. The number of carbonyl (C=O) groups is 2. The van der Waals surface area contributed by atoms with E-state index in [0.29, 0.717) is 10.9 Å². The van der Waals surface area contributed by atoms with Crippen LogP contribution in [0.4, 0.5) is 0 Å². The van der Waals surface area contributed by atoms with E-state index >= 15 is 0 Å². The second-order valence-electron chi connectivity index (χ2n) is 3.98. The Hall–Kier alpha value is -2.63. The van der Waals surface area contributed by atoms with Gasteiger partial charge in [0.05, 0.1) is 6.61 Å². The summed E-state index contributed by atoms with van der Waals surface area (Å²) in [6.45, 7) is 1.33. The van der Waals surface area contributed by atoms with Gasteiger partial charge in [-0.25, -0.2) is 9.59 Å². The van der Waals surface area contributed by atoms with Crippen molar-refractivity contribution in [2.75, 3.05) is 13.2 Å². The van der Waals surface area contributed by atoms with Crippen LogP contribution in [-0.4, -0.2) is 30.1 Å². The number of para-hydroxylation sites is 1. The predicted octanol–water partition coefficient (Wildman–Crippen LogP) is 1.25. The summed E-state index contributed by atoms with van der Waals surface area (Å²) in [4.78, 5) is 37.2. The second-order valence-corrected chi connectivity index (χ2v) is 3.98. The Morgan fingerprint density at radius 3 is 2.70 bits per heavy atom. The van der Waals surface area contributed by atoms with Gasteiger partial charge in [0.15, 0.2) is 6.61 Å². The van der Waals surface area contributed by atoms with E-state index in [-0.39, 0.29) is 12.2 Å². The first-order valence-corrected chi connectivity index (χ1v) is 6.06. The number of H-pyrrole nitrogens is 1. The molecule has 0 atom stereocenters. The number of benzene rings is 1. The van der Waals surface area contributed by atoms with E-state index in [1.807, 2.05) is 0 Å². The number of nitrogens with one attached hydrogen (secondary N) is 1. The normalized spacial score (nSPS) is 10.2. The molecular formula is C14H13NO5. The Labute approximate surface area is 114 Å². The Morgan fingerprint density at radius 2 is 1.95 bits per heavy atom. The Morgan fingerprint density at radius 1 is 1.20 bits per heavy atom. The van der Waals surface area contributed by atoms with Crippen molar-refractivity contribution in [3.63, 3.8) is 0 Å². The van der Waals surface area contributed by atoms with Crippen molar-refractivity contribution in [1.82, 2.24) is 4.98 Å².